The molecule has 0 aliphatic heterocycles. The minimum Gasteiger partial charge on any atom is -0.307 e. The monoisotopic (exact) mass is 265 g/mol. The molecule has 1 aromatic rings. The van der Waals surface area contributed by atoms with Crippen LogP contribution in [0.15, 0.2) is 16.8 Å². The molecule has 1 nitrogen and oxygen atoms in total. The Hall–Kier alpha value is -0.340. The van der Waals surface area contributed by atoms with Gasteiger partial charge in [0, 0.05) is 12.1 Å². The van der Waals surface area contributed by atoms with Crippen LogP contribution in [-0.4, -0.2) is 6.04 Å². The van der Waals surface area contributed by atoms with Gasteiger partial charge in [-0.25, -0.2) is 0 Å². The van der Waals surface area contributed by atoms with Crippen molar-refractivity contribution in [3.63, 3.8) is 0 Å². The first-order valence-corrected chi connectivity index (χ1v) is 8.19. The van der Waals surface area contributed by atoms with Crippen molar-refractivity contribution < 1.29 is 0 Å². The number of hydrogen-bond acceptors (Lipinski definition) is 2. The van der Waals surface area contributed by atoms with E-state index in [9.17, 15) is 0 Å². The van der Waals surface area contributed by atoms with Gasteiger partial charge in [0.15, 0.2) is 0 Å². The molecule has 1 heterocycles. The van der Waals surface area contributed by atoms with Crippen LogP contribution in [0.3, 0.4) is 0 Å². The normalized spacial score (nSPS) is 27.1. The van der Waals surface area contributed by atoms with Gasteiger partial charge in [0.25, 0.3) is 0 Å². The average Bonchev–Trinajstić information content (AvgIpc) is 2.82. The summed E-state index contributed by atoms with van der Waals surface area (Å²) in [5, 5.41) is 8.23. The zero-order valence-corrected chi connectivity index (χ0v) is 13.0. The van der Waals surface area contributed by atoms with Crippen molar-refractivity contribution in [1.29, 1.82) is 0 Å². The molecule has 1 atom stereocenters. The van der Waals surface area contributed by atoms with Crippen molar-refractivity contribution in [2.75, 3.05) is 0 Å². The Kier molecular flexibility index (Phi) is 4.50. The van der Waals surface area contributed by atoms with Gasteiger partial charge in [-0.05, 0) is 66.3 Å². The third-order valence-electron chi connectivity index (χ3n) is 4.48. The van der Waals surface area contributed by atoms with Gasteiger partial charge in [0.2, 0.25) is 0 Å². The second-order valence-electron chi connectivity index (χ2n) is 6.86. The molecule has 0 saturated heterocycles. The van der Waals surface area contributed by atoms with Crippen LogP contribution in [0.1, 0.15) is 65.0 Å². The molecule has 1 aromatic heterocycles. The summed E-state index contributed by atoms with van der Waals surface area (Å²) in [6, 6.07) is 3.47. The van der Waals surface area contributed by atoms with E-state index in [-0.39, 0.29) is 0 Å². The maximum absolute atomic E-state index is 3.80. The molecule has 0 bridgehead atoms. The molecule has 1 aliphatic rings. The summed E-state index contributed by atoms with van der Waals surface area (Å²) in [7, 11) is 0. The number of hydrogen-bond donors (Lipinski definition) is 1. The Bertz CT molecular complexity index is 342. The predicted octanol–water partition coefficient (Wildman–Crippen LogP) is 5.00. The summed E-state index contributed by atoms with van der Waals surface area (Å²) < 4.78 is 0. The Morgan fingerprint density at radius 2 is 1.89 bits per heavy atom. The van der Waals surface area contributed by atoms with Gasteiger partial charge in [-0.2, -0.15) is 11.3 Å². The molecule has 1 saturated carbocycles. The first-order valence-electron chi connectivity index (χ1n) is 7.25. The molecule has 1 fully saturated rings. The average molecular weight is 265 g/mol. The first-order chi connectivity index (χ1) is 8.47. The third kappa shape index (κ3) is 3.58. The second kappa shape index (κ2) is 5.75. The molecule has 0 spiro atoms. The molecule has 1 N–H and O–H groups in total. The van der Waals surface area contributed by atoms with Crippen molar-refractivity contribution in [3.05, 3.63) is 22.4 Å². The Morgan fingerprint density at radius 3 is 2.39 bits per heavy atom. The molecule has 0 radical (unpaired) electrons. The molecule has 1 aliphatic carbocycles. The fourth-order valence-electron chi connectivity index (χ4n) is 3.10. The molecular formula is C16H27NS. The molecule has 2 rings (SSSR count). The van der Waals surface area contributed by atoms with E-state index in [4.69, 9.17) is 0 Å². The van der Waals surface area contributed by atoms with E-state index in [1.807, 2.05) is 0 Å². The number of thiophene rings is 1. The summed E-state index contributed by atoms with van der Waals surface area (Å²) in [6.07, 6.45) is 5.46. The summed E-state index contributed by atoms with van der Waals surface area (Å²) in [5.41, 5.74) is 1.93. The molecule has 0 amide bonds. The third-order valence-corrected chi connectivity index (χ3v) is 5.18. The fraction of sp³-hybridized carbons (Fsp3) is 0.750. The lowest BCUT2D eigenvalue weighted by Gasteiger charge is -2.38. The van der Waals surface area contributed by atoms with Gasteiger partial charge in [-0.1, -0.05) is 20.8 Å². The molecule has 102 valence electrons. The lowest BCUT2D eigenvalue weighted by Crippen LogP contribution is -2.37. The standard InChI is InChI=1S/C16H27NS/c1-12(13-9-10-18-11-13)17-15-7-5-14(6-8-15)16(2,3)4/h9-12,14-15,17H,5-8H2,1-4H3. The van der Waals surface area contributed by atoms with Crippen molar-refractivity contribution in [3.8, 4) is 0 Å². The Morgan fingerprint density at radius 1 is 1.22 bits per heavy atom. The maximum atomic E-state index is 3.80. The SMILES string of the molecule is CC(NC1CCC(C(C)(C)C)CC1)c1ccsc1. The number of rotatable bonds is 3. The highest BCUT2D eigenvalue weighted by Crippen LogP contribution is 2.38. The van der Waals surface area contributed by atoms with E-state index in [0.29, 0.717) is 11.5 Å². The van der Waals surface area contributed by atoms with Crippen LogP contribution in [0.5, 0.6) is 0 Å². The summed E-state index contributed by atoms with van der Waals surface area (Å²) in [5.74, 6) is 0.909. The van der Waals surface area contributed by atoms with Crippen LogP contribution in [0.25, 0.3) is 0 Å². The quantitative estimate of drug-likeness (QED) is 0.810. The van der Waals surface area contributed by atoms with Gasteiger partial charge < -0.3 is 5.32 Å². The van der Waals surface area contributed by atoms with Crippen LogP contribution in [-0.2, 0) is 0 Å². The van der Waals surface area contributed by atoms with E-state index >= 15 is 0 Å². The van der Waals surface area contributed by atoms with Crippen LogP contribution in [0.2, 0.25) is 0 Å². The van der Waals surface area contributed by atoms with Gasteiger partial charge in [0.05, 0.1) is 0 Å². The van der Waals surface area contributed by atoms with Crippen LogP contribution < -0.4 is 5.32 Å². The maximum Gasteiger partial charge on any atom is 0.0302 e. The summed E-state index contributed by atoms with van der Waals surface area (Å²) >= 11 is 1.79. The summed E-state index contributed by atoms with van der Waals surface area (Å²) in [6.45, 7) is 9.45. The highest BCUT2D eigenvalue weighted by Gasteiger charge is 2.29. The largest absolute Gasteiger partial charge is 0.307 e. The van der Waals surface area contributed by atoms with E-state index < -0.39 is 0 Å². The van der Waals surface area contributed by atoms with Gasteiger partial charge in [-0.3, -0.25) is 0 Å². The second-order valence-corrected chi connectivity index (χ2v) is 7.64. The van der Waals surface area contributed by atoms with E-state index in [1.54, 1.807) is 11.3 Å². The van der Waals surface area contributed by atoms with Crippen molar-refractivity contribution in [2.24, 2.45) is 11.3 Å². The van der Waals surface area contributed by atoms with E-state index in [2.05, 4.69) is 49.8 Å². The fourth-order valence-corrected chi connectivity index (χ4v) is 3.85. The lowest BCUT2D eigenvalue weighted by atomic mass is 9.71. The smallest absolute Gasteiger partial charge is 0.0302 e. The molecular weight excluding hydrogens is 238 g/mol. The van der Waals surface area contributed by atoms with Crippen molar-refractivity contribution >= 4 is 11.3 Å². The van der Waals surface area contributed by atoms with Crippen LogP contribution in [0.4, 0.5) is 0 Å². The minimum atomic E-state index is 0.490. The molecule has 0 aromatic carbocycles. The molecule has 18 heavy (non-hydrogen) atoms. The van der Waals surface area contributed by atoms with Gasteiger partial charge in [-0.15, -0.1) is 0 Å². The predicted molar refractivity (Wildman–Crippen MR) is 81.1 cm³/mol. The lowest BCUT2D eigenvalue weighted by molar-refractivity contribution is 0.157. The Labute approximate surface area is 116 Å². The van der Waals surface area contributed by atoms with Gasteiger partial charge >= 0.3 is 0 Å². The first kappa shape index (κ1) is 14.1. The minimum absolute atomic E-state index is 0.490. The Balaban J connectivity index is 1.80. The van der Waals surface area contributed by atoms with E-state index in [1.165, 1.54) is 31.2 Å². The zero-order valence-electron chi connectivity index (χ0n) is 12.2. The van der Waals surface area contributed by atoms with Crippen LogP contribution >= 0.6 is 11.3 Å². The molecule has 1 unspecified atom stereocenters. The van der Waals surface area contributed by atoms with Crippen molar-refractivity contribution in [2.45, 2.75) is 65.5 Å². The highest BCUT2D eigenvalue weighted by atomic mass is 32.1. The van der Waals surface area contributed by atoms with Crippen molar-refractivity contribution in [1.82, 2.24) is 5.32 Å². The van der Waals surface area contributed by atoms with E-state index in [0.717, 1.165) is 12.0 Å². The molecule has 2 heteroatoms. The number of nitrogens with one attached hydrogen (secondary N) is 1. The van der Waals surface area contributed by atoms with Gasteiger partial charge in [0.1, 0.15) is 0 Å². The summed E-state index contributed by atoms with van der Waals surface area (Å²) in [4.78, 5) is 0. The topological polar surface area (TPSA) is 12.0 Å². The highest BCUT2D eigenvalue weighted by molar-refractivity contribution is 7.07. The zero-order chi connectivity index (χ0) is 13.2. The van der Waals surface area contributed by atoms with Crippen LogP contribution in [0, 0.1) is 11.3 Å².